The van der Waals surface area contributed by atoms with Gasteiger partial charge in [0, 0.05) is 41.8 Å². The van der Waals surface area contributed by atoms with Crippen LogP contribution in [0, 0.1) is 6.92 Å². The Morgan fingerprint density at radius 1 is 1.20 bits per heavy atom. The van der Waals surface area contributed by atoms with Crippen LogP contribution < -0.4 is 5.32 Å². The Bertz CT molecular complexity index is 692. The molecule has 0 unspecified atom stereocenters. The van der Waals surface area contributed by atoms with Crippen molar-refractivity contribution in [3.05, 3.63) is 65.4 Å². The molecule has 0 atom stereocenters. The van der Waals surface area contributed by atoms with E-state index in [4.69, 9.17) is 0 Å². The van der Waals surface area contributed by atoms with Gasteiger partial charge in [-0.1, -0.05) is 12.1 Å². The number of pyridine rings is 1. The molecule has 0 saturated heterocycles. The molecule has 0 aliphatic heterocycles. The lowest BCUT2D eigenvalue weighted by molar-refractivity contribution is 1.08. The number of nitrogens with one attached hydrogen (secondary N) is 1. The fourth-order valence-electron chi connectivity index (χ4n) is 2.01. The van der Waals surface area contributed by atoms with Crippen LogP contribution >= 0.6 is 11.3 Å². The van der Waals surface area contributed by atoms with Crippen molar-refractivity contribution in [2.45, 2.75) is 13.5 Å². The van der Waals surface area contributed by atoms with Gasteiger partial charge in [-0.3, -0.25) is 4.98 Å². The third-order valence-corrected chi connectivity index (χ3v) is 3.99. The van der Waals surface area contributed by atoms with Gasteiger partial charge in [0.15, 0.2) is 0 Å². The summed E-state index contributed by atoms with van der Waals surface area (Å²) in [5.74, 6) is 0. The standard InChI is InChI=1S/C16H15N3S/c1-12-5-6-17-10-14(12)11-19-15-4-2-3-13(9-15)16-18-7-8-20-16/h2-10,19H,11H2,1H3. The summed E-state index contributed by atoms with van der Waals surface area (Å²) < 4.78 is 0. The van der Waals surface area contributed by atoms with Crippen molar-refractivity contribution < 1.29 is 0 Å². The first-order valence-electron chi connectivity index (χ1n) is 6.46. The van der Waals surface area contributed by atoms with Crippen LogP contribution in [0.5, 0.6) is 0 Å². The molecule has 0 fully saturated rings. The number of thiazole rings is 1. The zero-order valence-corrected chi connectivity index (χ0v) is 12.0. The lowest BCUT2D eigenvalue weighted by Crippen LogP contribution is -2.01. The molecule has 0 saturated carbocycles. The third kappa shape index (κ3) is 2.86. The Hall–Kier alpha value is -2.20. The van der Waals surface area contributed by atoms with E-state index < -0.39 is 0 Å². The molecule has 1 aromatic carbocycles. The molecule has 2 aromatic heterocycles. The number of hydrogen-bond acceptors (Lipinski definition) is 4. The minimum Gasteiger partial charge on any atom is -0.381 e. The first-order valence-corrected chi connectivity index (χ1v) is 7.34. The minimum atomic E-state index is 0.779. The van der Waals surface area contributed by atoms with Crippen molar-refractivity contribution in [2.24, 2.45) is 0 Å². The van der Waals surface area contributed by atoms with Gasteiger partial charge in [-0.05, 0) is 36.2 Å². The quantitative estimate of drug-likeness (QED) is 0.781. The highest BCUT2D eigenvalue weighted by Crippen LogP contribution is 2.24. The van der Waals surface area contributed by atoms with E-state index in [9.17, 15) is 0 Å². The zero-order valence-electron chi connectivity index (χ0n) is 11.2. The van der Waals surface area contributed by atoms with Crippen molar-refractivity contribution in [2.75, 3.05) is 5.32 Å². The van der Waals surface area contributed by atoms with Crippen molar-refractivity contribution in [1.29, 1.82) is 0 Å². The monoisotopic (exact) mass is 281 g/mol. The molecule has 100 valence electrons. The average molecular weight is 281 g/mol. The summed E-state index contributed by atoms with van der Waals surface area (Å²) in [6.45, 7) is 2.88. The van der Waals surface area contributed by atoms with Gasteiger partial charge in [0.1, 0.15) is 5.01 Å². The zero-order chi connectivity index (χ0) is 13.8. The Labute approximate surface area is 122 Å². The van der Waals surface area contributed by atoms with E-state index in [-0.39, 0.29) is 0 Å². The summed E-state index contributed by atoms with van der Waals surface area (Å²) in [7, 11) is 0. The molecule has 3 aromatic rings. The summed E-state index contributed by atoms with van der Waals surface area (Å²) in [6, 6.07) is 10.4. The molecule has 0 aliphatic rings. The van der Waals surface area contributed by atoms with Gasteiger partial charge in [0.05, 0.1) is 0 Å². The predicted octanol–water partition coefficient (Wildman–Crippen LogP) is 4.13. The number of rotatable bonds is 4. The van der Waals surface area contributed by atoms with Crippen LogP contribution in [0.3, 0.4) is 0 Å². The lowest BCUT2D eigenvalue weighted by Gasteiger charge is -2.09. The van der Waals surface area contributed by atoms with Crippen LogP contribution in [-0.4, -0.2) is 9.97 Å². The summed E-state index contributed by atoms with van der Waals surface area (Å²) in [6.07, 6.45) is 5.56. The number of aryl methyl sites for hydroxylation is 1. The maximum Gasteiger partial charge on any atom is 0.123 e. The van der Waals surface area contributed by atoms with E-state index in [2.05, 4.69) is 46.5 Å². The van der Waals surface area contributed by atoms with E-state index in [1.54, 1.807) is 11.3 Å². The van der Waals surface area contributed by atoms with Crippen LogP contribution in [0.1, 0.15) is 11.1 Å². The van der Waals surface area contributed by atoms with Crippen LogP contribution in [-0.2, 0) is 6.54 Å². The first kappa shape index (κ1) is 12.8. The smallest absolute Gasteiger partial charge is 0.123 e. The maximum atomic E-state index is 4.34. The Morgan fingerprint density at radius 2 is 2.15 bits per heavy atom. The van der Waals surface area contributed by atoms with Gasteiger partial charge in [0.2, 0.25) is 0 Å². The molecular weight excluding hydrogens is 266 g/mol. The Morgan fingerprint density at radius 3 is 2.95 bits per heavy atom. The highest BCUT2D eigenvalue weighted by atomic mass is 32.1. The van der Waals surface area contributed by atoms with Crippen molar-refractivity contribution in [3.63, 3.8) is 0 Å². The molecule has 3 nitrogen and oxygen atoms in total. The summed E-state index contributed by atoms with van der Waals surface area (Å²) >= 11 is 1.65. The first-order chi connectivity index (χ1) is 9.83. The van der Waals surface area contributed by atoms with Gasteiger partial charge < -0.3 is 5.32 Å². The number of aromatic nitrogens is 2. The minimum absolute atomic E-state index is 0.779. The van der Waals surface area contributed by atoms with Crippen molar-refractivity contribution in [3.8, 4) is 10.6 Å². The molecule has 0 spiro atoms. The van der Waals surface area contributed by atoms with Crippen LogP contribution in [0.4, 0.5) is 5.69 Å². The summed E-state index contributed by atoms with van der Waals surface area (Å²) in [4.78, 5) is 8.51. The predicted molar refractivity (Wildman–Crippen MR) is 83.9 cm³/mol. The second kappa shape index (κ2) is 5.84. The van der Waals surface area contributed by atoms with Gasteiger partial charge in [-0.2, -0.15) is 0 Å². The Balaban J connectivity index is 1.75. The van der Waals surface area contributed by atoms with E-state index >= 15 is 0 Å². The molecule has 0 bridgehead atoms. The van der Waals surface area contributed by atoms with Gasteiger partial charge >= 0.3 is 0 Å². The number of anilines is 1. The second-order valence-electron chi connectivity index (χ2n) is 4.57. The molecule has 4 heteroatoms. The van der Waals surface area contributed by atoms with E-state index in [0.717, 1.165) is 22.8 Å². The third-order valence-electron chi connectivity index (χ3n) is 3.17. The number of hydrogen-bond donors (Lipinski definition) is 1. The maximum absolute atomic E-state index is 4.34. The lowest BCUT2D eigenvalue weighted by atomic mass is 10.1. The number of nitrogens with zero attached hydrogens (tertiary/aromatic N) is 2. The van der Waals surface area contributed by atoms with Gasteiger partial charge in [-0.25, -0.2) is 4.98 Å². The SMILES string of the molecule is Cc1ccncc1CNc1cccc(-c2nccs2)c1. The van der Waals surface area contributed by atoms with Gasteiger partial charge in [-0.15, -0.1) is 11.3 Å². The van der Waals surface area contributed by atoms with E-state index in [1.165, 1.54) is 11.1 Å². The summed E-state index contributed by atoms with van der Waals surface area (Å²) in [5, 5.41) is 6.48. The fraction of sp³-hybridized carbons (Fsp3) is 0.125. The number of benzene rings is 1. The molecule has 2 heterocycles. The average Bonchev–Trinajstić information content (AvgIpc) is 3.01. The molecule has 0 amide bonds. The van der Waals surface area contributed by atoms with Crippen LogP contribution in [0.2, 0.25) is 0 Å². The van der Waals surface area contributed by atoms with E-state index in [1.807, 2.05) is 30.0 Å². The van der Waals surface area contributed by atoms with Crippen molar-refractivity contribution in [1.82, 2.24) is 9.97 Å². The molecule has 3 rings (SSSR count). The highest BCUT2D eigenvalue weighted by molar-refractivity contribution is 7.13. The topological polar surface area (TPSA) is 37.8 Å². The molecular formula is C16H15N3S. The Kier molecular flexibility index (Phi) is 3.74. The fourth-order valence-corrected chi connectivity index (χ4v) is 2.64. The highest BCUT2D eigenvalue weighted by Gasteiger charge is 2.02. The summed E-state index contributed by atoms with van der Waals surface area (Å²) in [5.41, 5.74) is 4.71. The second-order valence-corrected chi connectivity index (χ2v) is 5.47. The normalized spacial score (nSPS) is 10.4. The van der Waals surface area contributed by atoms with Crippen LogP contribution in [0.25, 0.3) is 10.6 Å². The van der Waals surface area contributed by atoms with E-state index in [0.29, 0.717) is 0 Å². The van der Waals surface area contributed by atoms with Gasteiger partial charge in [0.25, 0.3) is 0 Å². The van der Waals surface area contributed by atoms with Crippen molar-refractivity contribution >= 4 is 17.0 Å². The molecule has 1 N–H and O–H groups in total. The molecule has 0 radical (unpaired) electrons. The van der Waals surface area contributed by atoms with Crippen LogP contribution in [0.15, 0.2) is 54.3 Å². The molecule has 20 heavy (non-hydrogen) atoms. The largest absolute Gasteiger partial charge is 0.381 e. The molecule has 0 aliphatic carbocycles.